The van der Waals surface area contributed by atoms with Crippen LogP contribution in [0.3, 0.4) is 0 Å². The summed E-state index contributed by atoms with van der Waals surface area (Å²) in [7, 11) is 3.06. The zero-order chi connectivity index (χ0) is 20.3. The van der Waals surface area contributed by atoms with Crippen molar-refractivity contribution in [2.24, 2.45) is 16.7 Å². The summed E-state index contributed by atoms with van der Waals surface area (Å²) >= 11 is 0. The monoisotopic (exact) mass is 388 g/mol. The van der Waals surface area contributed by atoms with Crippen LogP contribution >= 0.6 is 0 Å². The molecule has 10 heteroatoms. The zero-order valence-corrected chi connectivity index (χ0v) is 15.5. The van der Waals surface area contributed by atoms with Crippen LogP contribution in [0.4, 0.5) is 14.9 Å². The molecule has 1 fully saturated rings. The van der Waals surface area contributed by atoms with Crippen molar-refractivity contribution < 1.29 is 18.7 Å². The van der Waals surface area contributed by atoms with Crippen LogP contribution in [0.1, 0.15) is 5.69 Å². The van der Waals surface area contributed by atoms with E-state index in [2.05, 4.69) is 10.1 Å². The number of nitrogens with two attached hydrogens (primary N) is 2. The zero-order valence-electron chi connectivity index (χ0n) is 15.5. The van der Waals surface area contributed by atoms with Gasteiger partial charge < -0.3 is 15.2 Å². The van der Waals surface area contributed by atoms with E-state index in [0.29, 0.717) is 29.1 Å². The van der Waals surface area contributed by atoms with Gasteiger partial charge in [-0.1, -0.05) is 6.07 Å². The first-order valence-corrected chi connectivity index (χ1v) is 8.45. The topological polar surface area (TPSA) is 119 Å². The highest BCUT2D eigenvalue weighted by molar-refractivity contribution is 5.95. The van der Waals surface area contributed by atoms with Crippen molar-refractivity contribution in [3.05, 3.63) is 48.0 Å². The van der Waals surface area contributed by atoms with E-state index < -0.39 is 11.9 Å². The summed E-state index contributed by atoms with van der Waals surface area (Å²) in [5, 5.41) is 4.93. The Labute approximate surface area is 161 Å². The Morgan fingerprint density at radius 2 is 2.25 bits per heavy atom. The number of nitrogens with zero attached hydrogens (tertiary/aromatic N) is 4. The van der Waals surface area contributed by atoms with Crippen LogP contribution in [0.2, 0.25) is 0 Å². The van der Waals surface area contributed by atoms with E-state index in [1.165, 1.54) is 31.3 Å². The van der Waals surface area contributed by atoms with Crippen LogP contribution < -0.4 is 16.5 Å². The number of hydrazone groups is 1. The number of methoxy groups -OCH3 is 1. The normalized spacial score (nSPS) is 17.0. The maximum absolute atomic E-state index is 14.7. The minimum atomic E-state index is -0.528. The van der Waals surface area contributed by atoms with Crippen LogP contribution in [-0.2, 0) is 9.47 Å². The quantitative estimate of drug-likeness (QED) is 0.331. The smallest absolute Gasteiger partial charge is 0.414 e. The summed E-state index contributed by atoms with van der Waals surface area (Å²) < 4.78 is 24.9. The summed E-state index contributed by atoms with van der Waals surface area (Å²) in [6.45, 7) is 0.586. The highest BCUT2D eigenvalue weighted by atomic mass is 19.1. The van der Waals surface area contributed by atoms with E-state index in [9.17, 15) is 9.18 Å². The lowest BCUT2D eigenvalue weighted by Gasteiger charge is -2.14. The first kappa shape index (κ1) is 19.5. The Morgan fingerprint density at radius 1 is 1.46 bits per heavy atom. The van der Waals surface area contributed by atoms with Crippen molar-refractivity contribution >= 4 is 17.6 Å². The largest absolute Gasteiger partial charge is 0.441 e. The molecule has 1 saturated heterocycles. The van der Waals surface area contributed by atoms with E-state index in [-0.39, 0.29) is 18.5 Å². The molecule has 0 saturated carbocycles. The highest BCUT2D eigenvalue weighted by Crippen LogP contribution is 2.29. The number of amides is 1. The van der Waals surface area contributed by atoms with Crippen LogP contribution in [0.25, 0.3) is 11.1 Å². The fourth-order valence-corrected chi connectivity index (χ4v) is 2.84. The summed E-state index contributed by atoms with van der Waals surface area (Å²) in [6, 6.07) is 7.83. The summed E-state index contributed by atoms with van der Waals surface area (Å²) in [6.07, 6.45) is 0.585. The lowest BCUT2D eigenvalue weighted by Crippen LogP contribution is -2.26. The number of rotatable bonds is 6. The second-order valence-electron chi connectivity index (χ2n) is 6.23. The van der Waals surface area contributed by atoms with E-state index in [1.807, 2.05) is 0 Å². The molecule has 1 atom stereocenters. The van der Waals surface area contributed by atoms with Crippen molar-refractivity contribution in [2.45, 2.75) is 6.10 Å². The van der Waals surface area contributed by atoms with Crippen molar-refractivity contribution in [3.63, 3.8) is 0 Å². The molecule has 0 bridgehead atoms. The molecule has 4 N–H and O–H groups in total. The van der Waals surface area contributed by atoms with Gasteiger partial charge in [-0.2, -0.15) is 0 Å². The van der Waals surface area contributed by atoms with Crippen LogP contribution in [-0.4, -0.2) is 55.4 Å². The molecule has 1 aliphatic heterocycles. The van der Waals surface area contributed by atoms with Crippen molar-refractivity contribution in [3.8, 4) is 11.1 Å². The minimum Gasteiger partial charge on any atom is -0.441 e. The minimum absolute atomic E-state index is 0.144. The highest BCUT2D eigenvalue weighted by Gasteiger charge is 2.32. The number of anilines is 1. The number of hydrogen-bond acceptors (Lipinski definition) is 7. The molecule has 1 unspecified atom stereocenters. The molecule has 1 aromatic heterocycles. The Bertz CT molecular complexity index is 887. The number of halogens is 1. The van der Waals surface area contributed by atoms with Gasteiger partial charge in [-0.25, -0.2) is 20.1 Å². The van der Waals surface area contributed by atoms with Crippen molar-refractivity contribution in [1.82, 2.24) is 10.1 Å². The fraction of sp³-hybridized carbons (Fsp3) is 0.278. The predicted molar refractivity (Wildman–Crippen MR) is 102 cm³/mol. The van der Waals surface area contributed by atoms with Gasteiger partial charge in [-0.15, -0.1) is 5.10 Å². The van der Waals surface area contributed by atoms with Crippen molar-refractivity contribution in [2.75, 3.05) is 32.2 Å². The second-order valence-corrected chi connectivity index (χ2v) is 6.23. The Kier molecular flexibility index (Phi) is 5.71. The first-order valence-electron chi connectivity index (χ1n) is 8.45. The molecular formula is C18H21FN6O3. The summed E-state index contributed by atoms with van der Waals surface area (Å²) in [4.78, 5) is 17.5. The number of hydrogen-bond donors (Lipinski definition) is 2. The maximum Gasteiger partial charge on any atom is 0.414 e. The fourth-order valence-electron chi connectivity index (χ4n) is 2.84. The summed E-state index contributed by atoms with van der Waals surface area (Å²) in [5.74, 6) is 5.07. The molecule has 0 spiro atoms. The number of amidine groups is 1. The van der Waals surface area contributed by atoms with Crippen LogP contribution in [0, 0.1) is 5.82 Å². The number of carbonyl (C=O) groups excluding carboxylic acids is 1. The Hall–Kier alpha value is -3.24. The van der Waals surface area contributed by atoms with Gasteiger partial charge in [0, 0.05) is 31.5 Å². The van der Waals surface area contributed by atoms with Gasteiger partial charge in [0.15, 0.2) is 5.84 Å². The van der Waals surface area contributed by atoms with Gasteiger partial charge in [-0.3, -0.25) is 9.88 Å². The van der Waals surface area contributed by atoms with Gasteiger partial charge >= 0.3 is 6.09 Å². The maximum atomic E-state index is 14.7. The second kappa shape index (κ2) is 8.19. The lowest BCUT2D eigenvalue weighted by atomic mass is 10.1. The number of pyridine rings is 1. The van der Waals surface area contributed by atoms with E-state index in [1.54, 1.807) is 24.3 Å². The molecule has 9 nitrogen and oxygen atoms in total. The number of ether oxygens (including phenoxy) is 2. The average molecular weight is 388 g/mol. The number of cyclic esters (lactones) is 1. The van der Waals surface area contributed by atoms with E-state index in [4.69, 9.17) is 21.1 Å². The molecule has 3 rings (SSSR count). The van der Waals surface area contributed by atoms with Gasteiger partial charge in [0.1, 0.15) is 17.6 Å². The molecular weight excluding hydrogens is 367 g/mol. The predicted octanol–water partition coefficient (Wildman–Crippen LogP) is 1.29. The number of carbonyl (C=O) groups is 1. The SMILES string of the molecule is COCC1CN(c2ccc(-c3ccc(/C(N)=N/N(C)N)nc3)c(F)c2)C(=O)O1. The van der Waals surface area contributed by atoms with E-state index in [0.717, 1.165) is 5.12 Å². The van der Waals surface area contributed by atoms with E-state index >= 15 is 0 Å². The number of hydrazine groups is 1. The van der Waals surface area contributed by atoms with Crippen LogP contribution in [0.5, 0.6) is 0 Å². The Morgan fingerprint density at radius 3 is 2.86 bits per heavy atom. The Balaban J connectivity index is 1.80. The third kappa shape index (κ3) is 4.18. The first-order chi connectivity index (χ1) is 13.4. The van der Waals surface area contributed by atoms with Gasteiger partial charge in [-0.05, 0) is 24.3 Å². The molecule has 1 aliphatic rings. The van der Waals surface area contributed by atoms with Gasteiger partial charge in [0.05, 0.1) is 18.8 Å². The van der Waals surface area contributed by atoms with Crippen molar-refractivity contribution in [1.29, 1.82) is 0 Å². The molecule has 1 aromatic carbocycles. The molecule has 28 heavy (non-hydrogen) atoms. The summed E-state index contributed by atoms with van der Waals surface area (Å²) in [5.41, 5.74) is 7.52. The van der Waals surface area contributed by atoms with Gasteiger partial charge in [0.2, 0.25) is 0 Å². The van der Waals surface area contributed by atoms with Gasteiger partial charge in [0.25, 0.3) is 0 Å². The number of aromatic nitrogens is 1. The van der Waals surface area contributed by atoms with Crippen LogP contribution in [0.15, 0.2) is 41.6 Å². The third-order valence-electron chi connectivity index (χ3n) is 4.09. The average Bonchev–Trinajstić information content (AvgIpc) is 3.02. The molecule has 2 aromatic rings. The number of benzene rings is 1. The molecule has 148 valence electrons. The molecule has 0 radical (unpaired) electrons. The molecule has 2 heterocycles. The molecule has 0 aliphatic carbocycles. The lowest BCUT2D eigenvalue weighted by molar-refractivity contribution is 0.0718. The third-order valence-corrected chi connectivity index (χ3v) is 4.09. The standard InChI is InChI=1S/C18H21FN6O3/c1-24(21)23-17(20)16-6-3-11(8-22-16)14-5-4-12(7-15(14)19)25-9-13(10-27-2)28-18(25)26/h3-8,13H,9-10,21H2,1-2H3,(H2,20,23). The molecule has 1 amide bonds.